The summed E-state index contributed by atoms with van der Waals surface area (Å²) in [5, 5.41) is 9.27. The van der Waals surface area contributed by atoms with Crippen LogP contribution in [0.2, 0.25) is 5.02 Å². The number of hydrogen-bond acceptors (Lipinski definition) is 6. The molecule has 0 fully saturated rings. The number of fused-ring (bicyclic) bond motifs is 3. The van der Waals surface area contributed by atoms with E-state index in [1.165, 1.54) is 34.8 Å². The van der Waals surface area contributed by atoms with Gasteiger partial charge in [0.05, 0.1) is 30.8 Å². The highest BCUT2D eigenvalue weighted by atomic mass is 35.5. The van der Waals surface area contributed by atoms with Gasteiger partial charge in [0.15, 0.2) is 5.75 Å². The second-order valence-electron chi connectivity index (χ2n) is 7.09. The van der Waals surface area contributed by atoms with Crippen LogP contribution in [0.3, 0.4) is 0 Å². The van der Waals surface area contributed by atoms with Gasteiger partial charge in [-0.3, -0.25) is 14.2 Å². The third-order valence-electron chi connectivity index (χ3n) is 5.28. The van der Waals surface area contributed by atoms with E-state index >= 15 is 0 Å². The number of aliphatic hydroxyl groups is 1. The molecule has 1 unspecified atom stereocenters. The number of halogens is 2. The zero-order valence-corrected chi connectivity index (χ0v) is 16.7. The zero-order valence-electron chi connectivity index (χ0n) is 16.0. The minimum atomic E-state index is -0.843. The van der Waals surface area contributed by atoms with Crippen LogP contribution in [-0.4, -0.2) is 52.8 Å². The quantitative estimate of drug-likeness (QED) is 0.727. The number of ether oxygens (including phenoxy) is 2. The first kappa shape index (κ1) is 20.4. The molecule has 8 nitrogen and oxygen atoms in total. The number of carbonyl (C=O) groups is 2. The largest absolute Gasteiger partial charge is 0.490 e. The van der Waals surface area contributed by atoms with Crippen molar-refractivity contribution >= 4 is 23.5 Å². The van der Waals surface area contributed by atoms with Gasteiger partial charge >= 0.3 is 5.97 Å². The number of aromatic nitrogens is 1. The summed E-state index contributed by atoms with van der Waals surface area (Å²) in [6.45, 7) is -0.0290. The standard InChI is InChI=1S/C20H18ClFN2O6/c1-29-17-15-12(16-20(28)30-11(9-25)8-24(16)19(17)27)4-5-23(18(15)26)7-10-2-3-14(22)13(21)6-10/h2-3,6,11,25H,4-5,7-9H2,1H3. The van der Waals surface area contributed by atoms with Crippen molar-refractivity contribution in [2.24, 2.45) is 0 Å². The molecule has 10 heteroatoms. The molecule has 2 aliphatic rings. The maximum Gasteiger partial charge on any atom is 0.355 e. The second kappa shape index (κ2) is 7.73. The molecule has 2 aliphatic heterocycles. The van der Waals surface area contributed by atoms with Gasteiger partial charge in [-0.15, -0.1) is 0 Å². The van der Waals surface area contributed by atoms with E-state index in [1.54, 1.807) is 0 Å². The van der Waals surface area contributed by atoms with Crippen molar-refractivity contribution in [2.75, 3.05) is 20.3 Å². The van der Waals surface area contributed by atoms with Gasteiger partial charge in [-0.05, 0) is 24.1 Å². The monoisotopic (exact) mass is 436 g/mol. The van der Waals surface area contributed by atoms with Crippen LogP contribution >= 0.6 is 11.6 Å². The minimum absolute atomic E-state index is 0.0123. The van der Waals surface area contributed by atoms with Crippen molar-refractivity contribution in [1.29, 1.82) is 0 Å². The molecule has 0 aliphatic carbocycles. The summed E-state index contributed by atoms with van der Waals surface area (Å²) in [6, 6.07) is 4.18. The summed E-state index contributed by atoms with van der Waals surface area (Å²) in [6.07, 6.45) is -0.551. The lowest BCUT2D eigenvalue weighted by molar-refractivity contribution is -0.00289. The van der Waals surface area contributed by atoms with Crippen molar-refractivity contribution < 1.29 is 28.6 Å². The van der Waals surface area contributed by atoms with Gasteiger partial charge < -0.3 is 19.5 Å². The lowest BCUT2D eigenvalue weighted by atomic mass is 9.95. The summed E-state index contributed by atoms with van der Waals surface area (Å²) in [5.41, 5.74) is 0.399. The molecule has 0 saturated heterocycles. The van der Waals surface area contributed by atoms with Crippen LogP contribution < -0.4 is 10.3 Å². The minimum Gasteiger partial charge on any atom is -0.490 e. The molecule has 3 heterocycles. The van der Waals surface area contributed by atoms with Gasteiger partial charge in [0.25, 0.3) is 11.5 Å². The Balaban J connectivity index is 1.77. The number of benzene rings is 1. The number of amides is 1. The fourth-order valence-electron chi connectivity index (χ4n) is 3.87. The molecule has 4 rings (SSSR count). The molecule has 158 valence electrons. The number of aliphatic hydroxyl groups excluding tert-OH is 1. The SMILES string of the molecule is COc1c2c(c3n(c1=O)CC(CO)OC3=O)CCN(Cc1ccc(F)c(Cl)c1)C2=O. The van der Waals surface area contributed by atoms with E-state index in [4.69, 9.17) is 21.1 Å². The topological polar surface area (TPSA) is 98.1 Å². The van der Waals surface area contributed by atoms with E-state index in [2.05, 4.69) is 0 Å². The Labute approximate surface area is 175 Å². The number of hydrogen-bond donors (Lipinski definition) is 1. The molecule has 1 amide bonds. The maximum atomic E-state index is 13.4. The van der Waals surface area contributed by atoms with Crippen LogP contribution in [-0.2, 0) is 24.2 Å². The molecular formula is C20H18ClFN2O6. The molecule has 2 aromatic rings. The van der Waals surface area contributed by atoms with Crippen LogP contribution in [0, 0.1) is 5.82 Å². The molecule has 1 N–H and O–H groups in total. The van der Waals surface area contributed by atoms with E-state index in [0.29, 0.717) is 17.5 Å². The number of esters is 1. The second-order valence-corrected chi connectivity index (χ2v) is 7.49. The molecule has 1 aromatic heterocycles. The molecule has 1 aromatic carbocycles. The van der Waals surface area contributed by atoms with E-state index in [9.17, 15) is 23.9 Å². The average molecular weight is 437 g/mol. The molecule has 0 radical (unpaired) electrons. The molecular weight excluding hydrogens is 419 g/mol. The normalized spacial score (nSPS) is 18.0. The highest BCUT2D eigenvalue weighted by molar-refractivity contribution is 6.30. The fourth-order valence-corrected chi connectivity index (χ4v) is 4.08. The van der Waals surface area contributed by atoms with Gasteiger partial charge in [0, 0.05) is 18.7 Å². The van der Waals surface area contributed by atoms with Crippen LogP contribution in [0.5, 0.6) is 5.75 Å². The van der Waals surface area contributed by atoms with Crippen molar-refractivity contribution in [2.45, 2.75) is 25.6 Å². The van der Waals surface area contributed by atoms with E-state index in [1.807, 2.05) is 0 Å². The van der Waals surface area contributed by atoms with Gasteiger partial charge in [0.2, 0.25) is 0 Å². The molecule has 1 atom stereocenters. The first-order chi connectivity index (χ1) is 14.3. The number of carbonyl (C=O) groups excluding carboxylic acids is 2. The predicted molar refractivity (Wildman–Crippen MR) is 103 cm³/mol. The summed E-state index contributed by atoms with van der Waals surface area (Å²) >= 11 is 5.82. The Morgan fingerprint density at radius 2 is 2.10 bits per heavy atom. The van der Waals surface area contributed by atoms with E-state index in [-0.39, 0.29) is 41.7 Å². The Morgan fingerprint density at radius 3 is 2.77 bits per heavy atom. The predicted octanol–water partition coefficient (Wildman–Crippen LogP) is 1.38. The Hall–Kier alpha value is -2.91. The third kappa shape index (κ3) is 3.23. The molecule has 0 bridgehead atoms. The van der Waals surface area contributed by atoms with Crippen LogP contribution in [0.15, 0.2) is 23.0 Å². The number of pyridine rings is 1. The Bertz CT molecular complexity index is 1120. The van der Waals surface area contributed by atoms with Gasteiger partial charge in [-0.1, -0.05) is 17.7 Å². The van der Waals surface area contributed by atoms with Gasteiger partial charge in [-0.2, -0.15) is 0 Å². The van der Waals surface area contributed by atoms with Crippen molar-refractivity contribution in [1.82, 2.24) is 9.47 Å². The highest BCUT2D eigenvalue weighted by Crippen LogP contribution is 2.31. The van der Waals surface area contributed by atoms with Gasteiger partial charge in [-0.25, -0.2) is 9.18 Å². The fraction of sp³-hybridized carbons (Fsp3) is 0.350. The first-order valence-corrected chi connectivity index (χ1v) is 9.62. The van der Waals surface area contributed by atoms with Crippen LogP contribution in [0.25, 0.3) is 0 Å². The lowest BCUT2D eigenvalue weighted by Crippen LogP contribution is -2.46. The van der Waals surface area contributed by atoms with Crippen molar-refractivity contribution in [3.05, 3.63) is 61.8 Å². The lowest BCUT2D eigenvalue weighted by Gasteiger charge is -2.33. The number of methoxy groups -OCH3 is 1. The highest BCUT2D eigenvalue weighted by Gasteiger charge is 2.38. The van der Waals surface area contributed by atoms with Crippen LogP contribution in [0.4, 0.5) is 4.39 Å². The summed E-state index contributed by atoms with van der Waals surface area (Å²) in [4.78, 5) is 40.2. The molecule has 30 heavy (non-hydrogen) atoms. The van der Waals surface area contributed by atoms with E-state index < -0.39 is 36.0 Å². The van der Waals surface area contributed by atoms with E-state index in [0.717, 1.165) is 0 Å². The maximum absolute atomic E-state index is 13.4. The van der Waals surface area contributed by atoms with Gasteiger partial charge in [0.1, 0.15) is 17.6 Å². The number of nitrogens with zero attached hydrogens (tertiary/aromatic N) is 2. The van der Waals surface area contributed by atoms with Crippen molar-refractivity contribution in [3.8, 4) is 5.75 Å². The third-order valence-corrected chi connectivity index (χ3v) is 5.56. The van der Waals surface area contributed by atoms with Crippen molar-refractivity contribution in [3.63, 3.8) is 0 Å². The first-order valence-electron chi connectivity index (χ1n) is 9.24. The number of rotatable bonds is 4. The number of cyclic esters (lactones) is 1. The summed E-state index contributed by atoms with van der Waals surface area (Å²) < 4.78 is 25.0. The smallest absolute Gasteiger partial charge is 0.355 e. The van der Waals surface area contributed by atoms with Crippen LogP contribution in [0.1, 0.15) is 32.0 Å². The summed E-state index contributed by atoms with van der Waals surface area (Å²) in [5.74, 6) is -1.96. The Kier molecular flexibility index (Phi) is 5.25. The molecule has 0 saturated carbocycles. The zero-order chi connectivity index (χ0) is 21.6. The summed E-state index contributed by atoms with van der Waals surface area (Å²) in [7, 11) is 1.28. The average Bonchev–Trinajstić information content (AvgIpc) is 2.73. The molecule has 0 spiro atoms. The Morgan fingerprint density at radius 1 is 1.33 bits per heavy atom.